The average Bonchev–Trinajstić information content (AvgIpc) is 2.86. The zero-order chi connectivity index (χ0) is 13.9. The summed E-state index contributed by atoms with van der Waals surface area (Å²) in [6.45, 7) is 0.184. The Balaban J connectivity index is 2.26. The first-order chi connectivity index (χ1) is 9.00. The molecule has 0 unspecified atom stereocenters. The van der Waals surface area contributed by atoms with Crippen LogP contribution in [0.15, 0.2) is 18.6 Å². The van der Waals surface area contributed by atoms with Gasteiger partial charge in [-0.25, -0.2) is 15.0 Å². The van der Waals surface area contributed by atoms with Crippen molar-refractivity contribution in [1.82, 2.24) is 20.3 Å². The molecule has 5 nitrogen and oxygen atoms in total. The molecular weight excluding hydrogens is 281 g/mol. The predicted octanol–water partition coefficient (Wildman–Crippen LogP) is 1.86. The Morgan fingerprint density at radius 3 is 2.74 bits per heavy atom. The van der Waals surface area contributed by atoms with Crippen LogP contribution in [0.25, 0.3) is 10.6 Å². The summed E-state index contributed by atoms with van der Waals surface area (Å²) in [4.78, 5) is 21.5. The molecular formula is C10H7F3N4OS. The molecule has 0 spiro atoms. The van der Waals surface area contributed by atoms with Gasteiger partial charge in [-0.1, -0.05) is 0 Å². The molecule has 100 valence electrons. The highest BCUT2D eigenvalue weighted by Gasteiger charge is 2.34. The summed E-state index contributed by atoms with van der Waals surface area (Å²) >= 11 is 0.509. The van der Waals surface area contributed by atoms with Crippen molar-refractivity contribution in [2.75, 3.05) is 0 Å². The van der Waals surface area contributed by atoms with Gasteiger partial charge in [-0.05, 0) is 6.07 Å². The highest BCUT2D eigenvalue weighted by Crippen LogP contribution is 2.35. The van der Waals surface area contributed by atoms with Crippen molar-refractivity contribution in [1.29, 1.82) is 0 Å². The van der Waals surface area contributed by atoms with Crippen LogP contribution in [0, 0.1) is 0 Å². The molecule has 0 aromatic carbocycles. The number of rotatable bonds is 4. The second-order valence-electron chi connectivity index (χ2n) is 3.42. The maximum Gasteiger partial charge on any atom is 0.443 e. The summed E-state index contributed by atoms with van der Waals surface area (Å²) in [6, 6.07) is 1.50. The van der Waals surface area contributed by atoms with Crippen LogP contribution in [0.1, 0.15) is 10.7 Å². The van der Waals surface area contributed by atoms with Gasteiger partial charge in [-0.15, -0.1) is 11.3 Å². The number of aromatic nitrogens is 3. The van der Waals surface area contributed by atoms with Crippen LogP contribution >= 0.6 is 11.3 Å². The molecule has 19 heavy (non-hydrogen) atoms. The number of carbonyl (C=O) groups is 1. The molecule has 0 radical (unpaired) electrons. The molecule has 1 amide bonds. The van der Waals surface area contributed by atoms with Crippen LogP contribution in [-0.4, -0.2) is 21.4 Å². The van der Waals surface area contributed by atoms with Crippen molar-refractivity contribution < 1.29 is 18.0 Å². The minimum Gasteiger partial charge on any atom is -0.353 e. The number of amides is 1. The SMILES string of the molecule is O=CNCc1cc(-c2cnc(C(F)(F)F)s2)ncn1. The molecule has 0 saturated heterocycles. The number of hydrogen-bond acceptors (Lipinski definition) is 5. The summed E-state index contributed by atoms with van der Waals surface area (Å²) in [7, 11) is 0. The lowest BCUT2D eigenvalue weighted by molar-refractivity contribution is -0.137. The van der Waals surface area contributed by atoms with Crippen molar-refractivity contribution in [3.63, 3.8) is 0 Å². The fourth-order valence-electron chi connectivity index (χ4n) is 1.30. The maximum atomic E-state index is 12.4. The van der Waals surface area contributed by atoms with E-state index in [1.807, 2.05) is 0 Å². The standard InChI is InChI=1S/C10H7F3N4OS/c11-10(12,13)9-15-3-8(19-9)7-1-6(2-14-5-18)16-4-17-7/h1,3-5H,2H2,(H,14,18). The predicted molar refractivity (Wildman–Crippen MR) is 61.0 cm³/mol. The average molecular weight is 288 g/mol. The van der Waals surface area contributed by atoms with Crippen molar-refractivity contribution >= 4 is 17.7 Å². The van der Waals surface area contributed by atoms with E-state index in [2.05, 4.69) is 20.3 Å². The molecule has 0 aliphatic carbocycles. The number of nitrogens with one attached hydrogen (secondary N) is 1. The Morgan fingerprint density at radius 2 is 2.11 bits per heavy atom. The first-order valence-electron chi connectivity index (χ1n) is 5.02. The Bertz CT molecular complexity index is 584. The third-order valence-electron chi connectivity index (χ3n) is 2.09. The number of hydrogen-bond donors (Lipinski definition) is 1. The summed E-state index contributed by atoms with van der Waals surface area (Å²) in [6.07, 6.45) is -1.61. The quantitative estimate of drug-likeness (QED) is 0.872. The Morgan fingerprint density at radius 1 is 1.32 bits per heavy atom. The van der Waals surface area contributed by atoms with Gasteiger partial charge in [0.2, 0.25) is 6.41 Å². The molecule has 0 bridgehead atoms. The van der Waals surface area contributed by atoms with Gasteiger partial charge in [-0.2, -0.15) is 13.2 Å². The summed E-state index contributed by atoms with van der Waals surface area (Å²) < 4.78 is 37.3. The van der Waals surface area contributed by atoms with E-state index in [1.54, 1.807) is 0 Å². The number of halogens is 3. The minimum absolute atomic E-state index is 0.184. The zero-order valence-electron chi connectivity index (χ0n) is 9.31. The number of nitrogens with zero attached hydrogens (tertiary/aromatic N) is 3. The molecule has 2 heterocycles. The lowest BCUT2D eigenvalue weighted by Crippen LogP contribution is -2.11. The largest absolute Gasteiger partial charge is 0.443 e. The van der Waals surface area contributed by atoms with Crippen LogP contribution in [0.4, 0.5) is 13.2 Å². The second-order valence-corrected chi connectivity index (χ2v) is 4.45. The first-order valence-corrected chi connectivity index (χ1v) is 5.83. The molecule has 0 aliphatic heterocycles. The molecule has 1 N–H and O–H groups in total. The molecule has 9 heteroatoms. The maximum absolute atomic E-state index is 12.4. The third-order valence-corrected chi connectivity index (χ3v) is 3.16. The van der Waals surface area contributed by atoms with Crippen molar-refractivity contribution in [2.24, 2.45) is 0 Å². The minimum atomic E-state index is -4.46. The Hall–Kier alpha value is -2.03. The highest BCUT2D eigenvalue weighted by atomic mass is 32.1. The van der Waals surface area contributed by atoms with Gasteiger partial charge in [0.15, 0.2) is 5.01 Å². The van der Waals surface area contributed by atoms with E-state index in [-0.39, 0.29) is 6.54 Å². The van der Waals surface area contributed by atoms with Gasteiger partial charge in [0, 0.05) is 6.20 Å². The first kappa shape index (κ1) is 13.4. The summed E-state index contributed by atoms with van der Waals surface area (Å²) in [5.41, 5.74) is 0.838. The van der Waals surface area contributed by atoms with Gasteiger partial charge in [0.05, 0.1) is 22.8 Å². The van der Waals surface area contributed by atoms with Gasteiger partial charge in [0.25, 0.3) is 0 Å². The number of alkyl halides is 3. The van der Waals surface area contributed by atoms with Crippen LogP contribution in [0.3, 0.4) is 0 Å². The van der Waals surface area contributed by atoms with E-state index in [0.29, 0.717) is 34.0 Å². The topological polar surface area (TPSA) is 67.8 Å². The van der Waals surface area contributed by atoms with E-state index >= 15 is 0 Å². The number of thiazole rings is 1. The van der Waals surface area contributed by atoms with E-state index in [4.69, 9.17) is 0 Å². The van der Waals surface area contributed by atoms with Crippen LogP contribution in [0.5, 0.6) is 0 Å². The Kier molecular flexibility index (Phi) is 3.74. The Labute approximate surface area is 109 Å². The third kappa shape index (κ3) is 3.25. The zero-order valence-corrected chi connectivity index (χ0v) is 10.1. The molecule has 0 saturated carbocycles. The second kappa shape index (κ2) is 5.31. The lowest BCUT2D eigenvalue weighted by Gasteiger charge is -2.01. The summed E-state index contributed by atoms with van der Waals surface area (Å²) in [5, 5.41) is 1.49. The molecule has 2 aromatic rings. The molecule has 2 aromatic heterocycles. The lowest BCUT2D eigenvalue weighted by atomic mass is 10.3. The highest BCUT2D eigenvalue weighted by molar-refractivity contribution is 7.15. The van der Waals surface area contributed by atoms with E-state index in [9.17, 15) is 18.0 Å². The van der Waals surface area contributed by atoms with Crippen molar-refractivity contribution in [3.05, 3.63) is 29.3 Å². The molecule has 0 aliphatic rings. The van der Waals surface area contributed by atoms with Gasteiger partial charge in [-0.3, -0.25) is 4.79 Å². The fourth-order valence-corrected chi connectivity index (χ4v) is 2.05. The van der Waals surface area contributed by atoms with Crippen molar-refractivity contribution in [3.8, 4) is 10.6 Å². The summed E-state index contributed by atoms with van der Waals surface area (Å²) in [5.74, 6) is 0. The van der Waals surface area contributed by atoms with E-state index in [1.165, 1.54) is 12.4 Å². The van der Waals surface area contributed by atoms with E-state index in [0.717, 1.165) is 6.20 Å². The monoisotopic (exact) mass is 288 g/mol. The van der Waals surface area contributed by atoms with Gasteiger partial charge >= 0.3 is 6.18 Å². The number of carbonyl (C=O) groups excluding carboxylic acids is 1. The van der Waals surface area contributed by atoms with Crippen LogP contribution in [0.2, 0.25) is 0 Å². The normalized spacial score (nSPS) is 11.3. The van der Waals surface area contributed by atoms with Crippen molar-refractivity contribution in [2.45, 2.75) is 12.7 Å². The molecule has 0 fully saturated rings. The van der Waals surface area contributed by atoms with Crippen LogP contribution in [-0.2, 0) is 17.5 Å². The van der Waals surface area contributed by atoms with Gasteiger partial charge < -0.3 is 5.32 Å². The molecule has 2 rings (SSSR count). The fraction of sp³-hybridized carbons (Fsp3) is 0.200. The van der Waals surface area contributed by atoms with Crippen LogP contribution < -0.4 is 5.32 Å². The molecule has 0 atom stereocenters. The van der Waals surface area contributed by atoms with E-state index < -0.39 is 11.2 Å². The smallest absolute Gasteiger partial charge is 0.353 e. The van der Waals surface area contributed by atoms with Gasteiger partial charge in [0.1, 0.15) is 6.33 Å².